The van der Waals surface area contributed by atoms with Gasteiger partial charge in [0.25, 0.3) is 0 Å². The molecule has 0 radical (unpaired) electrons. The summed E-state index contributed by atoms with van der Waals surface area (Å²) in [5.41, 5.74) is 2.66. The van der Waals surface area contributed by atoms with Gasteiger partial charge in [-0.15, -0.1) is 0 Å². The summed E-state index contributed by atoms with van der Waals surface area (Å²) >= 11 is 4.94. The van der Waals surface area contributed by atoms with Crippen LogP contribution in [0.3, 0.4) is 0 Å². The van der Waals surface area contributed by atoms with Crippen molar-refractivity contribution in [3.63, 3.8) is 0 Å². The van der Waals surface area contributed by atoms with Gasteiger partial charge in [0.15, 0.2) is 0 Å². The Morgan fingerprint density at radius 3 is 2.50 bits per heavy atom. The highest BCUT2D eigenvalue weighted by atomic mass is 32.4. The summed E-state index contributed by atoms with van der Waals surface area (Å²) in [5, 5.41) is 1.26. The fourth-order valence-corrected chi connectivity index (χ4v) is 1.89. The van der Waals surface area contributed by atoms with Gasteiger partial charge in [-0.3, -0.25) is 0 Å². The Bertz CT molecular complexity index is 255. The van der Waals surface area contributed by atoms with Gasteiger partial charge in [-0.25, -0.2) is 0 Å². The zero-order valence-corrected chi connectivity index (χ0v) is 7.80. The first kappa shape index (κ1) is 7.84. The van der Waals surface area contributed by atoms with Crippen LogP contribution in [0.15, 0.2) is 18.2 Å². The van der Waals surface area contributed by atoms with Crippen molar-refractivity contribution in [3.05, 3.63) is 29.3 Å². The van der Waals surface area contributed by atoms with Gasteiger partial charge in [0, 0.05) is 12.7 Å². The molecule has 0 aliphatic heterocycles. The minimum absolute atomic E-state index is 0.951. The molecule has 0 bridgehead atoms. The number of benzene rings is 1. The molecular weight excluding hydrogens is 159 g/mol. The van der Waals surface area contributed by atoms with Crippen molar-refractivity contribution in [3.8, 4) is 0 Å². The van der Waals surface area contributed by atoms with E-state index < -0.39 is 0 Å². The first-order chi connectivity index (χ1) is 4.75. The van der Waals surface area contributed by atoms with Crippen LogP contribution in [0.25, 0.3) is 0 Å². The Morgan fingerprint density at radius 2 is 2.00 bits per heavy atom. The van der Waals surface area contributed by atoms with Crippen molar-refractivity contribution in [2.45, 2.75) is 13.8 Å². The monoisotopic (exact) mass is 168 g/mol. The van der Waals surface area contributed by atoms with Crippen LogP contribution in [0.2, 0.25) is 0 Å². The highest BCUT2D eigenvalue weighted by Crippen LogP contribution is 2.07. The van der Waals surface area contributed by atoms with Crippen molar-refractivity contribution in [1.82, 2.24) is 0 Å². The zero-order valence-electron chi connectivity index (χ0n) is 6.09. The Morgan fingerprint density at radius 1 is 1.30 bits per heavy atom. The van der Waals surface area contributed by atoms with Crippen LogP contribution < -0.4 is 5.30 Å². The highest BCUT2D eigenvalue weighted by molar-refractivity contribution is 7.99. The molecule has 2 heteroatoms. The predicted molar refractivity (Wildman–Crippen MR) is 49.8 cm³/mol. The molecule has 0 aliphatic rings. The third-order valence-corrected chi connectivity index (χ3v) is 2.95. The highest BCUT2D eigenvalue weighted by Gasteiger charge is 1.95. The van der Waals surface area contributed by atoms with Gasteiger partial charge in [0.05, 0.1) is 0 Å². The normalized spacial score (nSPS) is 10.2. The lowest BCUT2D eigenvalue weighted by Gasteiger charge is -2.00. The fourth-order valence-electron chi connectivity index (χ4n) is 0.835. The molecule has 0 N–H and O–H groups in total. The minimum Gasteiger partial charge on any atom is -0.0610 e. The van der Waals surface area contributed by atoms with Gasteiger partial charge in [-0.1, -0.05) is 23.9 Å². The van der Waals surface area contributed by atoms with E-state index in [2.05, 4.69) is 32.0 Å². The van der Waals surface area contributed by atoms with Crippen LogP contribution in [0.5, 0.6) is 0 Å². The summed E-state index contributed by atoms with van der Waals surface area (Å²) in [6.07, 6.45) is 0. The Labute approximate surface area is 68.1 Å². The molecule has 0 nitrogen and oxygen atoms in total. The van der Waals surface area contributed by atoms with Gasteiger partial charge in [-0.05, 0) is 31.0 Å². The van der Waals surface area contributed by atoms with E-state index in [-0.39, 0.29) is 0 Å². The molecule has 0 unspecified atom stereocenters. The Kier molecular flexibility index (Phi) is 2.53. The lowest BCUT2D eigenvalue weighted by molar-refractivity contribution is 1.37. The van der Waals surface area contributed by atoms with Crippen LogP contribution in [-0.4, -0.2) is 0 Å². The van der Waals surface area contributed by atoms with E-state index in [9.17, 15) is 0 Å². The molecule has 0 spiro atoms. The van der Waals surface area contributed by atoms with Crippen LogP contribution in [0.1, 0.15) is 11.1 Å². The molecule has 1 rings (SSSR count). The summed E-state index contributed by atoms with van der Waals surface area (Å²) in [5.74, 6) is 0. The third-order valence-electron chi connectivity index (χ3n) is 1.67. The van der Waals surface area contributed by atoms with Gasteiger partial charge < -0.3 is 0 Å². The quantitative estimate of drug-likeness (QED) is 0.580. The Hall–Kier alpha value is -0.260. The summed E-state index contributed by atoms with van der Waals surface area (Å²) < 4.78 is 0. The van der Waals surface area contributed by atoms with Gasteiger partial charge in [0.1, 0.15) is 0 Å². The van der Waals surface area contributed by atoms with Gasteiger partial charge >= 0.3 is 0 Å². The van der Waals surface area contributed by atoms with E-state index in [0.717, 1.165) is 7.36 Å². The van der Waals surface area contributed by atoms with Gasteiger partial charge in [0.2, 0.25) is 0 Å². The summed E-state index contributed by atoms with van der Waals surface area (Å²) in [4.78, 5) is 0. The largest absolute Gasteiger partial charge is 0.0610 e. The average Bonchev–Trinajstić information content (AvgIpc) is 1.95. The number of rotatable bonds is 1. The summed E-state index contributed by atoms with van der Waals surface area (Å²) in [6, 6.07) is 6.24. The smallest absolute Gasteiger partial charge is 0.0159 e. The van der Waals surface area contributed by atoms with E-state index in [1.165, 1.54) is 16.4 Å². The first-order valence-corrected chi connectivity index (χ1v) is 5.06. The number of hydrogen-bond acceptors (Lipinski definition) is 1. The van der Waals surface area contributed by atoms with Crippen LogP contribution in [-0.2, 0) is 11.8 Å². The third kappa shape index (κ3) is 1.42. The van der Waals surface area contributed by atoms with E-state index in [4.69, 9.17) is 11.8 Å². The minimum atomic E-state index is 0.951. The second kappa shape index (κ2) is 3.23. The van der Waals surface area contributed by atoms with Crippen molar-refractivity contribution in [2.75, 3.05) is 0 Å². The fraction of sp³-hybridized carbons (Fsp3) is 0.250. The summed E-state index contributed by atoms with van der Waals surface area (Å²) in [6.45, 7) is 4.23. The molecule has 0 saturated carbocycles. The zero-order chi connectivity index (χ0) is 7.56. The lowest BCUT2D eigenvalue weighted by atomic mass is 10.1. The average molecular weight is 168 g/mol. The molecular formula is C8H9PS. The van der Waals surface area contributed by atoms with E-state index in [1.54, 1.807) is 0 Å². The van der Waals surface area contributed by atoms with Crippen molar-refractivity contribution in [1.29, 1.82) is 0 Å². The van der Waals surface area contributed by atoms with E-state index in [0.29, 0.717) is 0 Å². The topological polar surface area (TPSA) is 0 Å². The standard InChI is InChI=1S/C8H9PS/c1-6-4-3-5-8(9-10)7(6)2/h3-5H,1-2H3. The number of aryl methyl sites for hydroxylation is 1. The van der Waals surface area contributed by atoms with Crippen LogP contribution in [0, 0.1) is 13.8 Å². The van der Waals surface area contributed by atoms with Gasteiger partial charge in [-0.2, -0.15) is 0 Å². The summed E-state index contributed by atoms with van der Waals surface area (Å²) in [7, 11) is 0.951. The maximum atomic E-state index is 4.94. The van der Waals surface area contributed by atoms with E-state index in [1.807, 2.05) is 0 Å². The first-order valence-electron chi connectivity index (χ1n) is 3.15. The molecule has 52 valence electrons. The molecule has 1 aromatic carbocycles. The van der Waals surface area contributed by atoms with Crippen molar-refractivity contribution >= 4 is 24.5 Å². The molecule has 0 heterocycles. The molecule has 0 aromatic heterocycles. The van der Waals surface area contributed by atoms with Crippen LogP contribution >= 0.6 is 7.36 Å². The maximum Gasteiger partial charge on any atom is 0.0159 e. The number of hydrogen-bond donors (Lipinski definition) is 0. The Balaban J connectivity index is 3.27. The molecule has 0 fully saturated rings. The molecule has 0 atom stereocenters. The lowest BCUT2D eigenvalue weighted by Crippen LogP contribution is -1.98. The SMILES string of the molecule is Cc1cccc(P=S)c1C. The second-order valence-electron chi connectivity index (χ2n) is 2.31. The molecule has 0 aliphatic carbocycles. The molecule has 0 saturated heterocycles. The van der Waals surface area contributed by atoms with Crippen molar-refractivity contribution in [2.24, 2.45) is 0 Å². The molecule has 1 aromatic rings. The molecule has 0 amide bonds. The molecule has 10 heavy (non-hydrogen) atoms. The predicted octanol–water partition coefficient (Wildman–Crippen LogP) is 2.34. The second-order valence-corrected chi connectivity index (χ2v) is 3.52. The maximum absolute atomic E-state index is 4.94. The van der Waals surface area contributed by atoms with Crippen LogP contribution in [0.4, 0.5) is 0 Å². The van der Waals surface area contributed by atoms with Crippen molar-refractivity contribution < 1.29 is 0 Å². The van der Waals surface area contributed by atoms with E-state index >= 15 is 0 Å².